The van der Waals surface area contributed by atoms with E-state index in [0.29, 0.717) is 5.56 Å². The second kappa shape index (κ2) is 7.54. The molecule has 0 heterocycles. The van der Waals surface area contributed by atoms with Gasteiger partial charge < -0.3 is 15.5 Å². The fourth-order valence-corrected chi connectivity index (χ4v) is 2.19. The summed E-state index contributed by atoms with van der Waals surface area (Å²) in [7, 11) is 0. The molecule has 0 aromatic heterocycles. The quantitative estimate of drug-likeness (QED) is 0.658. The van der Waals surface area contributed by atoms with E-state index < -0.39 is 23.9 Å². The van der Waals surface area contributed by atoms with E-state index in [9.17, 15) is 14.4 Å². The number of benzene rings is 1. The number of carbonyl (C=O) groups excluding carboxylic acids is 1. The molecule has 0 saturated heterocycles. The minimum Gasteiger partial charge on any atom is -0.481 e. The fourth-order valence-electron chi connectivity index (χ4n) is 1.59. The zero-order valence-electron chi connectivity index (χ0n) is 10.8. The average Bonchev–Trinajstić information content (AvgIpc) is 2.42. The molecule has 1 amide bonds. The minimum atomic E-state index is -1.25. The fraction of sp³-hybridized carbons (Fsp3) is 0.308. The highest BCUT2D eigenvalue weighted by Gasteiger charge is 2.22. The molecule has 1 aromatic rings. The maximum Gasteiger partial charge on any atom is 0.326 e. The Balaban J connectivity index is 2.80. The molecule has 0 aliphatic carbocycles. The second-order valence-electron chi connectivity index (χ2n) is 4.00. The lowest BCUT2D eigenvalue weighted by Crippen LogP contribution is -2.41. The van der Waals surface area contributed by atoms with Crippen molar-refractivity contribution in [1.29, 1.82) is 0 Å². The molecule has 3 N–H and O–H groups in total. The van der Waals surface area contributed by atoms with E-state index >= 15 is 0 Å². The Morgan fingerprint density at radius 3 is 2.45 bits per heavy atom. The van der Waals surface area contributed by atoms with Gasteiger partial charge in [0.25, 0.3) is 5.91 Å². The Bertz CT molecular complexity index is 517. The first-order valence-electron chi connectivity index (χ1n) is 5.84. The third-order valence-corrected chi connectivity index (χ3v) is 3.40. The largest absolute Gasteiger partial charge is 0.481 e. The van der Waals surface area contributed by atoms with Crippen molar-refractivity contribution in [3.05, 3.63) is 29.8 Å². The highest BCUT2D eigenvalue weighted by molar-refractivity contribution is 7.98. The summed E-state index contributed by atoms with van der Waals surface area (Å²) >= 11 is 1.38. The van der Waals surface area contributed by atoms with E-state index in [1.165, 1.54) is 11.8 Å². The number of nitrogens with one attached hydrogen (secondary N) is 1. The Hall–Kier alpha value is -2.02. The summed E-state index contributed by atoms with van der Waals surface area (Å²) in [6.07, 6.45) is 1.34. The standard InChI is InChI=1S/C13H15NO5S/c1-20-10-5-3-2-4-8(10)12(17)14-9(13(18)19)6-7-11(15)16/h2-5,9H,6-7H2,1H3,(H,14,17)(H,15,16)(H,18,19)/t9-/m0/s1. The summed E-state index contributed by atoms with van der Waals surface area (Å²) in [5.74, 6) is -2.87. The molecular formula is C13H15NO5S. The second-order valence-corrected chi connectivity index (χ2v) is 4.85. The lowest BCUT2D eigenvalue weighted by atomic mass is 10.1. The van der Waals surface area contributed by atoms with Crippen LogP contribution in [0.4, 0.5) is 0 Å². The van der Waals surface area contributed by atoms with Gasteiger partial charge in [-0.25, -0.2) is 4.79 Å². The first-order chi connectivity index (χ1) is 9.45. The third-order valence-electron chi connectivity index (χ3n) is 2.60. The summed E-state index contributed by atoms with van der Waals surface area (Å²) < 4.78 is 0. The predicted octanol–water partition coefficient (Wildman–Crippen LogP) is 1.46. The number of carbonyl (C=O) groups is 3. The van der Waals surface area contributed by atoms with Crippen LogP contribution in [-0.4, -0.2) is 40.4 Å². The van der Waals surface area contributed by atoms with E-state index in [1.807, 2.05) is 6.26 Å². The number of amides is 1. The van der Waals surface area contributed by atoms with Crippen LogP contribution in [0.25, 0.3) is 0 Å². The number of rotatable bonds is 7. The molecule has 0 aliphatic heterocycles. The minimum absolute atomic E-state index is 0.155. The first-order valence-corrected chi connectivity index (χ1v) is 7.06. The Morgan fingerprint density at radius 1 is 1.25 bits per heavy atom. The lowest BCUT2D eigenvalue weighted by Gasteiger charge is -2.14. The topological polar surface area (TPSA) is 104 Å². The monoisotopic (exact) mass is 297 g/mol. The van der Waals surface area contributed by atoms with Crippen LogP contribution in [0.2, 0.25) is 0 Å². The Morgan fingerprint density at radius 2 is 1.90 bits per heavy atom. The summed E-state index contributed by atoms with van der Waals surface area (Å²) in [4.78, 5) is 34.3. The molecule has 108 valence electrons. The molecule has 1 rings (SSSR count). The molecule has 0 radical (unpaired) electrons. The van der Waals surface area contributed by atoms with Crippen molar-refractivity contribution >= 4 is 29.6 Å². The van der Waals surface area contributed by atoms with E-state index in [1.54, 1.807) is 24.3 Å². The molecule has 7 heteroatoms. The average molecular weight is 297 g/mol. The zero-order valence-corrected chi connectivity index (χ0v) is 11.6. The molecule has 1 aromatic carbocycles. The van der Waals surface area contributed by atoms with Crippen LogP contribution in [0.3, 0.4) is 0 Å². The maximum absolute atomic E-state index is 12.0. The van der Waals surface area contributed by atoms with Gasteiger partial charge in [0.2, 0.25) is 0 Å². The summed E-state index contributed by atoms with van der Waals surface area (Å²) in [5.41, 5.74) is 0.376. The summed E-state index contributed by atoms with van der Waals surface area (Å²) in [6, 6.07) is 5.60. The molecular weight excluding hydrogens is 282 g/mol. The lowest BCUT2D eigenvalue weighted by molar-refractivity contribution is -0.140. The van der Waals surface area contributed by atoms with Gasteiger partial charge in [0.15, 0.2) is 0 Å². The van der Waals surface area contributed by atoms with Crippen molar-refractivity contribution in [2.45, 2.75) is 23.8 Å². The summed E-state index contributed by atoms with van der Waals surface area (Å²) in [6.45, 7) is 0. The smallest absolute Gasteiger partial charge is 0.326 e. The Labute approximate surface area is 120 Å². The van der Waals surface area contributed by atoms with Gasteiger partial charge in [-0.2, -0.15) is 0 Å². The molecule has 0 unspecified atom stereocenters. The van der Waals surface area contributed by atoms with Crippen molar-refractivity contribution in [2.75, 3.05) is 6.26 Å². The van der Waals surface area contributed by atoms with Crippen molar-refractivity contribution in [2.24, 2.45) is 0 Å². The highest BCUT2D eigenvalue weighted by atomic mass is 32.2. The van der Waals surface area contributed by atoms with Crippen LogP contribution in [0.5, 0.6) is 0 Å². The van der Waals surface area contributed by atoms with Crippen molar-refractivity contribution in [1.82, 2.24) is 5.32 Å². The zero-order chi connectivity index (χ0) is 15.1. The van der Waals surface area contributed by atoms with Crippen LogP contribution in [0, 0.1) is 0 Å². The van der Waals surface area contributed by atoms with E-state index in [0.717, 1.165) is 4.90 Å². The van der Waals surface area contributed by atoms with Crippen molar-refractivity contribution in [3.63, 3.8) is 0 Å². The third kappa shape index (κ3) is 4.58. The van der Waals surface area contributed by atoms with Crippen molar-refractivity contribution < 1.29 is 24.6 Å². The van der Waals surface area contributed by atoms with Gasteiger partial charge in [-0.05, 0) is 24.8 Å². The number of carboxylic acid groups (broad SMARTS) is 2. The van der Waals surface area contributed by atoms with Crippen LogP contribution >= 0.6 is 11.8 Å². The molecule has 0 bridgehead atoms. The maximum atomic E-state index is 12.0. The van der Waals surface area contributed by atoms with E-state index in [4.69, 9.17) is 10.2 Å². The van der Waals surface area contributed by atoms with Gasteiger partial charge in [0.1, 0.15) is 6.04 Å². The predicted molar refractivity (Wildman–Crippen MR) is 74.0 cm³/mol. The number of thioether (sulfide) groups is 1. The number of aliphatic carboxylic acids is 2. The SMILES string of the molecule is CSc1ccccc1C(=O)N[C@@H](CCC(=O)O)C(=O)O. The number of hydrogen-bond acceptors (Lipinski definition) is 4. The first kappa shape index (κ1) is 16.0. The van der Waals surface area contributed by atoms with Crippen LogP contribution in [0.1, 0.15) is 23.2 Å². The van der Waals surface area contributed by atoms with Gasteiger partial charge in [-0.15, -0.1) is 11.8 Å². The molecule has 6 nitrogen and oxygen atoms in total. The van der Waals surface area contributed by atoms with E-state index in [2.05, 4.69) is 5.32 Å². The molecule has 20 heavy (non-hydrogen) atoms. The van der Waals surface area contributed by atoms with Crippen LogP contribution < -0.4 is 5.32 Å². The van der Waals surface area contributed by atoms with Gasteiger partial charge in [0, 0.05) is 11.3 Å². The summed E-state index contributed by atoms with van der Waals surface area (Å²) in [5, 5.41) is 19.9. The van der Waals surface area contributed by atoms with Crippen LogP contribution in [-0.2, 0) is 9.59 Å². The van der Waals surface area contributed by atoms with Gasteiger partial charge in [-0.1, -0.05) is 12.1 Å². The molecule has 1 atom stereocenters. The number of carboxylic acids is 2. The van der Waals surface area contributed by atoms with Crippen molar-refractivity contribution in [3.8, 4) is 0 Å². The van der Waals surface area contributed by atoms with Crippen LogP contribution in [0.15, 0.2) is 29.2 Å². The van der Waals surface area contributed by atoms with Gasteiger partial charge >= 0.3 is 11.9 Å². The molecule has 0 aliphatic rings. The normalized spacial score (nSPS) is 11.7. The molecule has 0 spiro atoms. The van der Waals surface area contributed by atoms with Gasteiger partial charge in [-0.3, -0.25) is 9.59 Å². The van der Waals surface area contributed by atoms with Gasteiger partial charge in [0.05, 0.1) is 5.56 Å². The Kier molecular flexibility index (Phi) is 6.05. The molecule has 0 saturated carbocycles. The molecule has 0 fully saturated rings. The van der Waals surface area contributed by atoms with E-state index in [-0.39, 0.29) is 12.8 Å². The highest BCUT2D eigenvalue weighted by Crippen LogP contribution is 2.19. The number of hydrogen-bond donors (Lipinski definition) is 3.